The predicted molar refractivity (Wildman–Crippen MR) is 133 cm³/mol. The van der Waals surface area contributed by atoms with Gasteiger partial charge in [-0.25, -0.2) is 4.79 Å². The van der Waals surface area contributed by atoms with Crippen molar-refractivity contribution in [3.05, 3.63) is 99.4 Å². The van der Waals surface area contributed by atoms with Crippen molar-refractivity contribution in [2.24, 2.45) is 7.05 Å². The number of rotatable bonds is 6. The number of nitrogens with zero attached hydrogens (tertiary/aromatic N) is 1. The van der Waals surface area contributed by atoms with E-state index in [4.69, 9.17) is 16.7 Å². The average Bonchev–Trinajstić information content (AvgIpc) is 2.80. The molecule has 0 aliphatic rings. The van der Waals surface area contributed by atoms with Gasteiger partial charge in [0, 0.05) is 34.4 Å². The van der Waals surface area contributed by atoms with Crippen LogP contribution in [0.1, 0.15) is 11.3 Å². The van der Waals surface area contributed by atoms with Gasteiger partial charge in [-0.2, -0.15) is 0 Å². The van der Waals surface area contributed by atoms with Gasteiger partial charge in [-0.05, 0) is 46.8 Å². The lowest BCUT2D eigenvalue weighted by molar-refractivity contribution is -0.136. The molecule has 0 bridgehead atoms. The van der Waals surface area contributed by atoms with Crippen LogP contribution in [0.15, 0.2) is 77.6 Å². The standard InChI is InChI=1S/C26H22ClN3O4/c1-30-22(15-28-26(34)29-19-9-5-6-16(12-19)13-23(31)32)24(17-7-3-2-4-8-17)21-14-18(27)10-11-20(21)25(30)33/h2-12,14H,13,15H2,1H3,(H,31,32)(H2,28,29,34). The van der Waals surface area contributed by atoms with Crippen LogP contribution in [0.5, 0.6) is 0 Å². The number of aromatic nitrogens is 1. The number of benzene rings is 3. The van der Waals surface area contributed by atoms with E-state index in [0.29, 0.717) is 32.7 Å². The maximum atomic E-state index is 13.0. The first kappa shape index (κ1) is 23.1. The van der Waals surface area contributed by atoms with Crippen molar-refractivity contribution in [3.63, 3.8) is 0 Å². The lowest BCUT2D eigenvalue weighted by Gasteiger charge is -2.18. The molecule has 3 N–H and O–H groups in total. The summed E-state index contributed by atoms with van der Waals surface area (Å²) >= 11 is 6.26. The van der Waals surface area contributed by atoms with Gasteiger partial charge in [0.15, 0.2) is 0 Å². The molecule has 0 aliphatic heterocycles. The number of pyridine rings is 1. The van der Waals surface area contributed by atoms with E-state index >= 15 is 0 Å². The highest BCUT2D eigenvalue weighted by Crippen LogP contribution is 2.32. The molecular formula is C26H22ClN3O4. The molecule has 8 heteroatoms. The highest BCUT2D eigenvalue weighted by atomic mass is 35.5. The number of carbonyl (C=O) groups excluding carboxylic acids is 1. The third-order valence-electron chi connectivity index (χ3n) is 5.50. The van der Waals surface area contributed by atoms with Gasteiger partial charge in [0.2, 0.25) is 0 Å². The van der Waals surface area contributed by atoms with Crippen LogP contribution in [0, 0.1) is 0 Å². The molecule has 1 aromatic heterocycles. The van der Waals surface area contributed by atoms with Crippen molar-refractivity contribution < 1.29 is 14.7 Å². The maximum absolute atomic E-state index is 13.0. The monoisotopic (exact) mass is 475 g/mol. The van der Waals surface area contributed by atoms with Crippen LogP contribution in [-0.2, 0) is 24.8 Å². The van der Waals surface area contributed by atoms with E-state index in [-0.39, 0.29) is 18.5 Å². The Bertz CT molecular complexity index is 1450. The van der Waals surface area contributed by atoms with Crippen LogP contribution in [0.2, 0.25) is 5.02 Å². The molecule has 4 rings (SSSR count). The first-order valence-corrected chi connectivity index (χ1v) is 10.9. The van der Waals surface area contributed by atoms with E-state index in [9.17, 15) is 14.4 Å². The third kappa shape index (κ3) is 4.94. The van der Waals surface area contributed by atoms with Crippen LogP contribution >= 0.6 is 11.6 Å². The fourth-order valence-corrected chi connectivity index (χ4v) is 4.12. The number of carboxylic acid groups (broad SMARTS) is 1. The second kappa shape index (κ2) is 9.80. The van der Waals surface area contributed by atoms with Gasteiger partial charge in [-0.1, -0.05) is 54.1 Å². The van der Waals surface area contributed by atoms with E-state index in [0.717, 1.165) is 11.1 Å². The van der Waals surface area contributed by atoms with E-state index in [2.05, 4.69) is 10.6 Å². The van der Waals surface area contributed by atoms with Gasteiger partial charge in [-0.3, -0.25) is 9.59 Å². The fraction of sp³-hybridized carbons (Fsp3) is 0.115. The quantitative estimate of drug-likeness (QED) is 0.372. The van der Waals surface area contributed by atoms with E-state index < -0.39 is 12.0 Å². The second-order valence-electron chi connectivity index (χ2n) is 7.82. The molecule has 7 nitrogen and oxygen atoms in total. The zero-order valence-electron chi connectivity index (χ0n) is 18.3. The molecule has 2 amide bonds. The van der Waals surface area contributed by atoms with Gasteiger partial charge < -0.3 is 20.3 Å². The van der Waals surface area contributed by atoms with E-state index in [1.807, 2.05) is 30.3 Å². The molecule has 0 unspecified atom stereocenters. The van der Waals surface area contributed by atoms with Gasteiger partial charge >= 0.3 is 12.0 Å². The topological polar surface area (TPSA) is 100 Å². The molecule has 34 heavy (non-hydrogen) atoms. The largest absolute Gasteiger partial charge is 0.481 e. The zero-order chi connectivity index (χ0) is 24.2. The predicted octanol–water partition coefficient (Wildman–Crippen LogP) is 4.81. The summed E-state index contributed by atoms with van der Waals surface area (Å²) in [6.07, 6.45) is -0.140. The lowest BCUT2D eigenvalue weighted by atomic mass is 9.96. The molecule has 172 valence electrons. The van der Waals surface area contributed by atoms with Crippen LogP contribution in [0.25, 0.3) is 21.9 Å². The maximum Gasteiger partial charge on any atom is 0.319 e. The Morgan fingerprint density at radius 2 is 1.74 bits per heavy atom. The number of anilines is 1. The van der Waals surface area contributed by atoms with Crippen LogP contribution < -0.4 is 16.2 Å². The minimum Gasteiger partial charge on any atom is -0.481 e. The van der Waals surface area contributed by atoms with Crippen molar-refractivity contribution in [1.29, 1.82) is 0 Å². The van der Waals surface area contributed by atoms with Crippen molar-refractivity contribution in [2.45, 2.75) is 13.0 Å². The summed E-state index contributed by atoms with van der Waals surface area (Å²) < 4.78 is 1.53. The molecule has 0 saturated heterocycles. The van der Waals surface area contributed by atoms with Crippen molar-refractivity contribution >= 4 is 40.1 Å². The number of aliphatic carboxylic acids is 1. The molecule has 0 aliphatic carbocycles. The Morgan fingerprint density at radius 1 is 0.971 bits per heavy atom. The smallest absolute Gasteiger partial charge is 0.319 e. The summed E-state index contributed by atoms with van der Waals surface area (Å²) in [7, 11) is 1.67. The molecule has 0 atom stereocenters. The highest BCUT2D eigenvalue weighted by molar-refractivity contribution is 6.31. The van der Waals surface area contributed by atoms with E-state index in [1.54, 1.807) is 49.5 Å². The summed E-state index contributed by atoms with van der Waals surface area (Å²) in [6, 6.07) is 20.9. The summed E-state index contributed by atoms with van der Waals surface area (Å²) in [5, 5.41) is 16.2. The second-order valence-corrected chi connectivity index (χ2v) is 8.26. The van der Waals surface area contributed by atoms with Crippen molar-refractivity contribution in [1.82, 2.24) is 9.88 Å². The van der Waals surface area contributed by atoms with Gasteiger partial charge in [-0.15, -0.1) is 0 Å². The number of nitrogens with one attached hydrogen (secondary N) is 2. The molecule has 4 aromatic rings. The normalized spacial score (nSPS) is 10.8. The van der Waals surface area contributed by atoms with Crippen LogP contribution in [0.4, 0.5) is 10.5 Å². The molecule has 0 saturated carbocycles. The minimum atomic E-state index is -0.952. The number of urea groups is 1. The Kier molecular flexibility index (Phi) is 6.65. The average molecular weight is 476 g/mol. The van der Waals surface area contributed by atoms with Gasteiger partial charge in [0.25, 0.3) is 5.56 Å². The number of fused-ring (bicyclic) bond motifs is 1. The summed E-state index contributed by atoms with van der Waals surface area (Å²) in [5.74, 6) is -0.952. The van der Waals surface area contributed by atoms with E-state index in [1.165, 1.54) is 4.57 Å². The highest BCUT2D eigenvalue weighted by Gasteiger charge is 2.17. The Balaban J connectivity index is 1.67. The van der Waals surface area contributed by atoms with Crippen LogP contribution in [-0.4, -0.2) is 21.7 Å². The molecule has 0 radical (unpaired) electrons. The third-order valence-corrected chi connectivity index (χ3v) is 5.73. The Hall–Kier alpha value is -4.10. The first-order chi connectivity index (χ1) is 16.3. The lowest BCUT2D eigenvalue weighted by Crippen LogP contribution is -2.32. The zero-order valence-corrected chi connectivity index (χ0v) is 19.1. The number of halogens is 1. The molecular weight excluding hydrogens is 454 g/mol. The minimum absolute atomic E-state index is 0.0824. The van der Waals surface area contributed by atoms with Crippen LogP contribution in [0.3, 0.4) is 0 Å². The Morgan fingerprint density at radius 3 is 2.47 bits per heavy atom. The number of hydrogen-bond donors (Lipinski definition) is 3. The molecule has 3 aromatic carbocycles. The summed E-state index contributed by atoms with van der Waals surface area (Å²) in [5.41, 5.74) is 3.18. The number of amides is 2. The fourth-order valence-electron chi connectivity index (χ4n) is 3.94. The van der Waals surface area contributed by atoms with Gasteiger partial charge in [0.05, 0.1) is 13.0 Å². The first-order valence-electron chi connectivity index (χ1n) is 10.6. The molecule has 0 spiro atoms. The summed E-state index contributed by atoms with van der Waals surface area (Å²) in [4.78, 5) is 36.6. The van der Waals surface area contributed by atoms with Crippen molar-refractivity contribution in [3.8, 4) is 11.1 Å². The number of carbonyl (C=O) groups is 2. The van der Waals surface area contributed by atoms with Crippen molar-refractivity contribution in [2.75, 3.05) is 5.32 Å². The number of hydrogen-bond acceptors (Lipinski definition) is 3. The number of carboxylic acids is 1. The van der Waals surface area contributed by atoms with Gasteiger partial charge in [0.1, 0.15) is 0 Å². The Labute approximate surface area is 200 Å². The SMILES string of the molecule is Cn1c(CNC(=O)Nc2cccc(CC(=O)O)c2)c(-c2ccccc2)c2cc(Cl)ccc2c1=O. The summed E-state index contributed by atoms with van der Waals surface area (Å²) in [6.45, 7) is 0.0824. The molecule has 1 heterocycles. The molecule has 0 fully saturated rings.